The second-order valence-corrected chi connectivity index (χ2v) is 18.2. The Morgan fingerprint density at radius 3 is 2.36 bits per heavy atom. The van der Waals surface area contributed by atoms with E-state index in [4.69, 9.17) is 0 Å². The lowest BCUT2D eigenvalue weighted by molar-refractivity contribution is 0.0971. The molecule has 0 bridgehead atoms. The topological polar surface area (TPSA) is 17.1 Å². The number of allylic oxidation sites excluding steroid dienone is 11. The number of hydrogen-bond donors (Lipinski definition) is 0. The molecule has 0 N–H and O–H groups in total. The molecule has 0 radical (unpaired) electrons. The largest absolute Gasteiger partial charge is 0.293 e. The molecule has 6 aromatic carbocycles. The highest BCUT2D eigenvalue weighted by Crippen LogP contribution is 2.58. The summed E-state index contributed by atoms with van der Waals surface area (Å²) in [5.74, 6) is 0.438. The van der Waals surface area contributed by atoms with E-state index in [-0.39, 0.29) is 17.6 Å². The van der Waals surface area contributed by atoms with Gasteiger partial charge >= 0.3 is 0 Å². The van der Waals surface area contributed by atoms with Crippen molar-refractivity contribution >= 4 is 34.8 Å². The minimum absolute atomic E-state index is 0.0835. The Kier molecular flexibility index (Phi) is 7.91. The zero-order valence-electron chi connectivity index (χ0n) is 32.9. The Bertz CT molecular complexity index is 2950. The number of carbonyl (C=O) groups excluding carboxylic acids is 1. The molecule has 5 atom stereocenters. The second-order valence-electron chi connectivity index (χ2n) is 17.1. The predicted octanol–water partition coefficient (Wildman–Crippen LogP) is 13.8. The minimum Gasteiger partial charge on any atom is -0.293 e. The maximum absolute atomic E-state index is 15.6. The van der Waals surface area contributed by atoms with Gasteiger partial charge in [0, 0.05) is 33.6 Å². The first-order chi connectivity index (χ1) is 29.1. The van der Waals surface area contributed by atoms with Gasteiger partial charge in [-0.3, -0.25) is 4.79 Å². The Labute approximate surface area is 350 Å². The Hall–Kier alpha value is -6.22. The first-order valence-electron chi connectivity index (χ1n) is 21.1. The molecule has 0 saturated heterocycles. The minimum atomic E-state index is -0.423. The van der Waals surface area contributed by atoms with Crippen molar-refractivity contribution in [3.8, 4) is 0 Å². The predicted molar refractivity (Wildman–Crippen MR) is 244 cm³/mol. The summed E-state index contributed by atoms with van der Waals surface area (Å²) in [5.41, 5.74) is 18.1. The van der Waals surface area contributed by atoms with E-state index in [1.54, 1.807) is 0 Å². The van der Waals surface area contributed by atoms with Crippen molar-refractivity contribution in [1.29, 1.82) is 0 Å². The fourth-order valence-corrected chi connectivity index (χ4v) is 12.6. The summed E-state index contributed by atoms with van der Waals surface area (Å²) < 4.78 is 0. The summed E-state index contributed by atoms with van der Waals surface area (Å²) in [5, 5.41) is 0. The third-order valence-electron chi connectivity index (χ3n) is 14.1. The quantitative estimate of drug-likeness (QED) is 0.177. The summed E-state index contributed by atoms with van der Waals surface area (Å²) >= 11 is 1.94. The molecule has 1 heterocycles. The number of hydrogen-bond acceptors (Lipinski definition) is 2. The van der Waals surface area contributed by atoms with Crippen molar-refractivity contribution in [1.82, 2.24) is 0 Å². The van der Waals surface area contributed by atoms with Gasteiger partial charge in [-0.1, -0.05) is 189 Å². The standard InChI is InChI=1S/C57H42OS/c1-57(49-24-11-8-21-43(49)53(44-22-9-12-25-50(44)57)39-28-30-42-41-20-10-13-26-51(41)59-52(42)33-39)40-29-27-37-31-48-46(35-15-4-2-5-16-35)32-38-19-14-23-45(54(38)48)55(56(58)47(37)34-40)36-17-6-3-7-18-36/h2-29,32-34,42,48-49,55H,30-31H2,1H3. The SMILES string of the molecule is CC1(c2ccc3c(c2)C(=O)C(c2ccccc2)c2cccc4c2C(C3)C(c2ccccc2)=C4)c2ccccc2C(C2=CCC3C(=C2)Sc2ccccc23)=C2C=CC=CC21. The maximum Gasteiger partial charge on any atom is 0.175 e. The van der Waals surface area contributed by atoms with E-state index in [2.05, 4.69) is 189 Å². The van der Waals surface area contributed by atoms with E-state index >= 15 is 4.79 Å². The van der Waals surface area contributed by atoms with E-state index in [0.29, 0.717) is 5.92 Å². The highest BCUT2D eigenvalue weighted by molar-refractivity contribution is 8.03. The molecule has 1 nitrogen and oxygen atoms in total. The van der Waals surface area contributed by atoms with Crippen molar-refractivity contribution in [2.24, 2.45) is 5.92 Å². The number of benzene rings is 6. The molecule has 0 saturated carbocycles. The van der Waals surface area contributed by atoms with Gasteiger partial charge < -0.3 is 0 Å². The lowest BCUT2D eigenvalue weighted by Gasteiger charge is -2.45. The van der Waals surface area contributed by atoms with Gasteiger partial charge in [-0.15, -0.1) is 0 Å². The van der Waals surface area contributed by atoms with Gasteiger partial charge in [0.15, 0.2) is 5.78 Å². The molecule has 0 spiro atoms. The molecule has 0 amide bonds. The smallest absolute Gasteiger partial charge is 0.175 e. The summed E-state index contributed by atoms with van der Waals surface area (Å²) in [6.07, 6.45) is 18.3. The summed E-state index contributed by atoms with van der Waals surface area (Å²) in [7, 11) is 0. The molecular weight excluding hydrogens is 733 g/mol. The fraction of sp³-hybridized carbons (Fsp3) is 0.140. The van der Waals surface area contributed by atoms with Crippen molar-refractivity contribution in [3.05, 3.63) is 259 Å². The van der Waals surface area contributed by atoms with Crippen LogP contribution in [-0.4, -0.2) is 5.78 Å². The van der Waals surface area contributed by atoms with Crippen LogP contribution in [0, 0.1) is 5.92 Å². The first kappa shape index (κ1) is 34.8. The first-order valence-corrected chi connectivity index (χ1v) is 21.9. The molecular formula is C57H42OS. The molecule has 5 unspecified atom stereocenters. The van der Waals surface area contributed by atoms with E-state index in [0.717, 1.165) is 35.1 Å². The van der Waals surface area contributed by atoms with Crippen LogP contribution < -0.4 is 0 Å². The van der Waals surface area contributed by atoms with Crippen molar-refractivity contribution in [3.63, 3.8) is 0 Å². The summed E-state index contributed by atoms with van der Waals surface area (Å²) in [6.45, 7) is 2.42. The number of fused-ring (bicyclic) bond motifs is 6. The highest BCUT2D eigenvalue weighted by atomic mass is 32.2. The van der Waals surface area contributed by atoms with Crippen LogP contribution in [0.4, 0.5) is 0 Å². The molecule has 282 valence electrons. The zero-order chi connectivity index (χ0) is 39.2. The van der Waals surface area contributed by atoms with Gasteiger partial charge in [0.1, 0.15) is 0 Å². The number of rotatable bonds is 4. The van der Waals surface area contributed by atoms with Crippen molar-refractivity contribution < 1.29 is 4.79 Å². The third kappa shape index (κ3) is 5.22. The second kappa shape index (κ2) is 13.4. The van der Waals surface area contributed by atoms with Gasteiger partial charge in [0.05, 0.1) is 5.92 Å². The normalized spacial score (nSPS) is 24.4. The number of ketones is 1. The molecule has 6 aromatic rings. The van der Waals surface area contributed by atoms with Gasteiger partial charge in [0.2, 0.25) is 0 Å². The third-order valence-corrected chi connectivity index (χ3v) is 15.4. The molecule has 1 aliphatic heterocycles. The van der Waals surface area contributed by atoms with Crippen LogP contribution in [-0.2, 0) is 11.8 Å². The fourth-order valence-electron chi connectivity index (χ4n) is 11.4. The average Bonchev–Trinajstić information content (AvgIpc) is 3.85. The molecule has 0 fully saturated rings. The Morgan fingerprint density at radius 2 is 1.47 bits per heavy atom. The number of Topliss-reactive ketones (excluding diaryl/α,β-unsaturated/α-hetero) is 1. The maximum atomic E-state index is 15.6. The molecule has 6 aliphatic rings. The molecule has 2 heteroatoms. The number of thioether (sulfide) groups is 1. The molecule has 12 rings (SSSR count). The van der Waals surface area contributed by atoms with Crippen molar-refractivity contribution in [2.45, 2.75) is 47.8 Å². The molecule has 0 aromatic heterocycles. The van der Waals surface area contributed by atoms with Gasteiger partial charge in [-0.25, -0.2) is 0 Å². The highest BCUT2D eigenvalue weighted by Gasteiger charge is 2.46. The van der Waals surface area contributed by atoms with E-state index in [9.17, 15) is 0 Å². The van der Waals surface area contributed by atoms with Crippen LogP contribution in [0.25, 0.3) is 17.2 Å². The lowest BCUT2D eigenvalue weighted by atomic mass is 9.57. The van der Waals surface area contributed by atoms with Crippen LogP contribution in [0.1, 0.15) is 97.1 Å². The van der Waals surface area contributed by atoms with E-state index in [1.807, 2.05) is 17.8 Å². The van der Waals surface area contributed by atoms with Gasteiger partial charge in [-0.05, 0) is 114 Å². The van der Waals surface area contributed by atoms with E-state index in [1.165, 1.54) is 71.0 Å². The summed E-state index contributed by atoms with van der Waals surface area (Å²) in [4.78, 5) is 18.4. The van der Waals surface area contributed by atoms with E-state index < -0.39 is 11.3 Å². The van der Waals surface area contributed by atoms with Crippen LogP contribution in [0.2, 0.25) is 0 Å². The average molecular weight is 775 g/mol. The lowest BCUT2D eigenvalue weighted by Crippen LogP contribution is -2.38. The zero-order valence-corrected chi connectivity index (χ0v) is 33.8. The molecule has 5 aliphatic carbocycles. The van der Waals surface area contributed by atoms with Crippen LogP contribution >= 0.6 is 11.8 Å². The number of carbonyl (C=O) groups is 1. The Morgan fingerprint density at radius 1 is 0.695 bits per heavy atom. The van der Waals surface area contributed by atoms with Crippen LogP contribution in [0.15, 0.2) is 203 Å². The van der Waals surface area contributed by atoms with Gasteiger partial charge in [-0.2, -0.15) is 0 Å². The molecule has 59 heavy (non-hydrogen) atoms. The van der Waals surface area contributed by atoms with Crippen molar-refractivity contribution in [2.75, 3.05) is 0 Å². The Balaban J connectivity index is 1.02. The monoisotopic (exact) mass is 774 g/mol. The van der Waals surface area contributed by atoms with Gasteiger partial charge in [0.25, 0.3) is 0 Å². The van der Waals surface area contributed by atoms with Crippen LogP contribution in [0.5, 0.6) is 0 Å². The van der Waals surface area contributed by atoms with Crippen LogP contribution in [0.3, 0.4) is 0 Å². The summed E-state index contributed by atoms with van der Waals surface area (Å²) in [6, 6.07) is 52.8.